The Morgan fingerprint density at radius 3 is 2.30 bits per heavy atom. The SMILES string of the molecule is Cc1cccc(-c2ncc(C(=O)NCCN(C(C)C)C(C)C)c3ccccc23)c1C. The Balaban J connectivity index is 1.89. The molecule has 0 aliphatic rings. The minimum absolute atomic E-state index is 0.0707. The number of benzene rings is 2. The first-order valence-corrected chi connectivity index (χ1v) is 10.8. The lowest BCUT2D eigenvalue weighted by molar-refractivity contribution is 0.0940. The van der Waals surface area contributed by atoms with Crippen molar-refractivity contribution in [1.82, 2.24) is 15.2 Å². The summed E-state index contributed by atoms with van der Waals surface area (Å²) in [4.78, 5) is 20.1. The normalized spacial score (nSPS) is 11.6. The first kappa shape index (κ1) is 22.0. The van der Waals surface area contributed by atoms with Gasteiger partial charge in [0.25, 0.3) is 5.91 Å². The molecule has 1 amide bonds. The summed E-state index contributed by atoms with van der Waals surface area (Å²) in [5.74, 6) is -0.0707. The molecule has 0 unspecified atom stereocenters. The van der Waals surface area contributed by atoms with E-state index in [-0.39, 0.29) is 5.91 Å². The van der Waals surface area contributed by atoms with E-state index in [2.05, 4.69) is 76.0 Å². The second-order valence-corrected chi connectivity index (χ2v) is 8.49. The van der Waals surface area contributed by atoms with Crippen molar-refractivity contribution in [1.29, 1.82) is 0 Å². The number of pyridine rings is 1. The van der Waals surface area contributed by atoms with Crippen molar-refractivity contribution in [2.24, 2.45) is 0 Å². The van der Waals surface area contributed by atoms with Crippen molar-refractivity contribution in [3.8, 4) is 11.3 Å². The molecule has 0 aliphatic heterocycles. The van der Waals surface area contributed by atoms with E-state index >= 15 is 0 Å². The number of nitrogens with one attached hydrogen (secondary N) is 1. The zero-order chi connectivity index (χ0) is 21.8. The number of amides is 1. The van der Waals surface area contributed by atoms with E-state index in [1.165, 1.54) is 11.1 Å². The van der Waals surface area contributed by atoms with Crippen LogP contribution >= 0.6 is 0 Å². The number of carbonyl (C=O) groups excluding carboxylic acids is 1. The third-order valence-electron chi connectivity index (χ3n) is 5.88. The molecule has 158 valence electrons. The van der Waals surface area contributed by atoms with E-state index in [0.717, 1.165) is 28.6 Å². The van der Waals surface area contributed by atoms with Crippen molar-refractivity contribution >= 4 is 16.7 Å². The summed E-state index contributed by atoms with van der Waals surface area (Å²) in [5, 5.41) is 5.03. The fourth-order valence-corrected chi connectivity index (χ4v) is 4.10. The zero-order valence-corrected chi connectivity index (χ0v) is 19.0. The maximum atomic E-state index is 13.0. The van der Waals surface area contributed by atoms with Crippen molar-refractivity contribution in [3.63, 3.8) is 0 Å². The van der Waals surface area contributed by atoms with Crippen molar-refractivity contribution < 1.29 is 4.79 Å². The highest BCUT2D eigenvalue weighted by atomic mass is 16.1. The monoisotopic (exact) mass is 403 g/mol. The zero-order valence-electron chi connectivity index (χ0n) is 19.0. The van der Waals surface area contributed by atoms with Crippen LogP contribution in [0.1, 0.15) is 49.2 Å². The third kappa shape index (κ3) is 4.54. The second kappa shape index (κ2) is 9.40. The van der Waals surface area contributed by atoms with Crippen LogP contribution in [0.15, 0.2) is 48.7 Å². The molecule has 4 nitrogen and oxygen atoms in total. The fraction of sp³-hybridized carbons (Fsp3) is 0.385. The predicted molar refractivity (Wildman–Crippen MR) is 126 cm³/mol. The molecule has 3 rings (SSSR count). The van der Waals surface area contributed by atoms with Gasteiger partial charge in [-0.25, -0.2) is 0 Å². The van der Waals surface area contributed by atoms with E-state index in [9.17, 15) is 4.79 Å². The van der Waals surface area contributed by atoms with Gasteiger partial charge in [0, 0.05) is 42.3 Å². The van der Waals surface area contributed by atoms with Gasteiger partial charge in [-0.1, -0.05) is 42.5 Å². The number of carbonyl (C=O) groups is 1. The molecule has 3 aromatic rings. The van der Waals surface area contributed by atoms with Crippen LogP contribution in [0.3, 0.4) is 0 Å². The topological polar surface area (TPSA) is 45.2 Å². The third-order valence-corrected chi connectivity index (χ3v) is 5.88. The summed E-state index contributed by atoms with van der Waals surface area (Å²) in [7, 11) is 0. The van der Waals surface area contributed by atoms with Gasteiger partial charge in [0.05, 0.1) is 11.3 Å². The summed E-state index contributed by atoms with van der Waals surface area (Å²) < 4.78 is 0. The first-order valence-electron chi connectivity index (χ1n) is 10.8. The molecule has 30 heavy (non-hydrogen) atoms. The van der Waals surface area contributed by atoms with Crippen LogP contribution in [0, 0.1) is 13.8 Å². The van der Waals surface area contributed by atoms with E-state index in [0.29, 0.717) is 24.2 Å². The van der Waals surface area contributed by atoms with Crippen LogP contribution in [-0.2, 0) is 0 Å². The Kier molecular flexibility index (Phi) is 6.88. The van der Waals surface area contributed by atoms with Gasteiger partial charge in [-0.3, -0.25) is 14.7 Å². The number of hydrogen-bond acceptors (Lipinski definition) is 3. The average Bonchev–Trinajstić information content (AvgIpc) is 2.72. The molecular weight excluding hydrogens is 370 g/mol. The molecule has 2 aromatic carbocycles. The van der Waals surface area contributed by atoms with Gasteiger partial charge in [-0.2, -0.15) is 0 Å². The fourth-order valence-electron chi connectivity index (χ4n) is 4.10. The Labute approximate surface area is 180 Å². The highest BCUT2D eigenvalue weighted by Gasteiger charge is 2.17. The van der Waals surface area contributed by atoms with Crippen LogP contribution in [-0.4, -0.2) is 41.0 Å². The molecule has 0 fully saturated rings. The maximum absolute atomic E-state index is 13.0. The summed E-state index contributed by atoms with van der Waals surface area (Å²) in [5.41, 5.74) is 5.12. The summed E-state index contributed by atoms with van der Waals surface area (Å²) in [6, 6.07) is 15.2. The number of aryl methyl sites for hydroxylation is 1. The molecule has 0 spiro atoms. The van der Waals surface area contributed by atoms with Crippen LogP contribution in [0.25, 0.3) is 22.0 Å². The molecular formula is C26H33N3O. The average molecular weight is 404 g/mol. The van der Waals surface area contributed by atoms with Crippen LogP contribution in [0.2, 0.25) is 0 Å². The molecule has 0 radical (unpaired) electrons. The summed E-state index contributed by atoms with van der Waals surface area (Å²) in [6.45, 7) is 14.4. The lowest BCUT2D eigenvalue weighted by Crippen LogP contribution is -2.42. The Morgan fingerprint density at radius 2 is 1.63 bits per heavy atom. The molecule has 0 saturated heterocycles. The molecule has 1 heterocycles. The standard InChI is InChI=1S/C26H33N3O/c1-17(2)29(18(3)4)15-14-27-26(30)24-16-28-25(23-12-8-7-11-22(23)24)21-13-9-10-19(5)20(21)6/h7-13,16-18H,14-15H2,1-6H3,(H,27,30). The molecule has 0 aliphatic carbocycles. The molecule has 1 aromatic heterocycles. The molecule has 0 atom stereocenters. The van der Waals surface area contributed by atoms with Crippen LogP contribution < -0.4 is 5.32 Å². The van der Waals surface area contributed by atoms with Gasteiger partial charge in [0.2, 0.25) is 0 Å². The number of aromatic nitrogens is 1. The Hall–Kier alpha value is -2.72. The van der Waals surface area contributed by atoms with Gasteiger partial charge in [0.15, 0.2) is 0 Å². The lowest BCUT2D eigenvalue weighted by atomic mass is 9.95. The van der Waals surface area contributed by atoms with E-state index < -0.39 is 0 Å². The van der Waals surface area contributed by atoms with E-state index in [4.69, 9.17) is 4.98 Å². The maximum Gasteiger partial charge on any atom is 0.253 e. The summed E-state index contributed by atoms with van der Waals surface area (Å²) >= 11 is 0. The Morgan fingerprint density at radius 1 is 0.967 bits per heavy atom. The molecule has 4 heteroatoms. The van der Waals surface area contributed by atoms with Gasteiger partial charge in [0.1, 0.15) is 0 Å². The number of fused-ring (bicyclic) bond motifs is 1. The quantitative estimate of drug-likeness (QED) is 0.577. The van der Waals surface area contributed by atoms with Crippen molar-refractivity contribution in [2.75, 3.05) is 13.1 Å². The highest BCUT2D eigenvalue weighted by molar-refractivity contribution is 6.09. The largest absolute Gasteiger partial charge is 0.351 e. The smallest absolute Gasteiger partial charge is 0.253 e. The predicted octanol–water partition coefficient (Wildman–Crippen LogP) is 5.37. The molecule has 0 saturated carbocycles. The number of rotatable bonds is 7. The van der Waals surface area contributed by atoms with Crippen LogP contribution in [0.4, 0.5) is 0 Å². The van der Waals surface area contributed by atoms with Gasteiger partial charge in [-0.05, 0) is 58.1 Å². The molecule has 1 N–H and O–H groups in total. The lowest BCUT2D eigenvalue weighted by Gasteiger charge is -2.30. The summed E-state index contributed by atoms with van der Waals surface area (Å²) in [6.07, 6.45) is 1.72. The molecule has 0 bridgehead atoms. The van der Waals surface area contributed by atoms with Crippen molar-refractivity contribution in [3.05, 3.63) is 65.4 Å². The van der Waals surface area contributed by atoms with Gasteiger partial charge >= 0.3 is 0 Å². The highest BCUT2D eigenvalue weighted by Crippen LogP contribution is 2.31. The van der Waals surface area contributed by atoms with E-state index in [1.807, 2.05) is 18.2 Å². The van der Waals surface area contributed by atoms with Crippen molar-refractivity contribution in [2.45, 2.75) is 53.6 Å². The second-order valence-electron chi connectivity index (χ2n) is 8.49. The van der Waals surface area contributed by atoms with E-state index in [1.54, 1.807) is 6.20 Å². The number of hydrogen-bond donors (Lipinski definition) is 1. The van der Waals surface area contributed by atoms with Crippen LogP contribution in [0.5, 0.6) is 0 Å². The van der Waals surface area contributed by atoms with Gasteiger partial charge < -0.3 is 5.32 Å². The van der Waals surface area contributed by atoms with Gasteiger partial charge in [-0.15, -0.1) is 0 Å². The first-order chi connectivity index (χ1) is 14.3. The number of nitrogens with zero attached hydrogens (tertiary/aromatic N) is 2. The Bertz CT molecular complexity index is 1030. The minimum atomic E-state index is -0.0707. The minimum Gasteiger partial charge on any atom is -0.351 e.